The molecule has 0 aromatic heterocycles. The molecule has 1 aromatic carbocycles. The molecule has 5 amide bonds. The first-order valence-corrected chi connectivity index (χ1v) is 20.6. The van der Waals surface area contributed by atoms with E-state index in [2.05, 4.69) is 16.0 Å². The number of nitrogens with zero attached hydrogens (tertiary/aromatic N) is 2. The molecule has 15 nitrogen and oxygen atoms in total. The van der Waals surface area contributed by atoms with Crippen LogP contribution in [0.15, 0.2) is 47.6 Å². The van der Waals surface area contributed by atoms with E-state index in [9.17, 15) is 38.0 Å². The summed E-state index contributed by atoms with van der Waals surface area (Å²) in [6.07, 6.45) is 2.05. The van der Waals surface area contributed by atoms with Crippen molar-refractivity contribution in [1.82, 2.24) is 25.8 Å². The fraction of sp³-hybridized carbons (Fsp3) is 0.614. The lowest BCUT2D eigenvalue weighted by Crippen LogP contribution is -2.57. The van der Waals surface area contributed by atoms with Gasteiger partial charge in [-0.1, -0.05) is 65.3 Å². The summed E-state index contributed by atoms with van der Waals surface area (Å²) in [7, 11) is 2.74. The van der Waals surface area contributed by atoms with Gasteiger partial charge in [-0.15, -0.1) is 0 Å². The highest BCUT2D eigenvalue weighted by molar-refractivity contribution is 5.96. The minimum atomic E-state index is -1.27. The second-order valence-electron chi connectivity index (χ2n) is 16.4. The zero-order valence-corrected chi connectivity index (χ0v) is 37.3. The van der Waals surface area contributed by atoms with Gasteiger partial charge in [0.05, 0.1) is 6.54 Å². The number of carbonyl (C=O) groups excluding carboxylic acids is 7. The van der Waals surface area contributed by atoms with Gasteiger partial charge in [-0.25, -0.2) is 14.0 Å². The van der Waals surface area contributed by atoms with Crippen molar-refractivity contribution in [1.29, 1.82) is 0 Å². The monoisotopic (exact) mass is 842 g/mol. The Labute approximate surface area is 354 Å². The lowest BCUT2D eigenvalue weighted by molar-refractivity contribution is -0.154. The molecule has 16 heteroatoms. The summed E-state index contributed by atoms with van der Waals surface area (Å²) < 4.78 is 25.5. The van der Waals surface area contributed by atoms with Gasteiger partial charge in [0, 0.05) is 38.0 Å². The fourth-order valence-electron chi connectivity index (χ4n) is 6.59. The Morgan fingerprint density at radius 3 is 2.08 bits per heavy atom. The van der Waals surface area contributed by atoms with Crippen molar-refractivity contribution in [2.24, 2.45) is 23.5 Å². The van der Waals surface area contributed by atoms with Crippen LogP contribution in [0, 0.1) is 23.6 Å². The smallest absolute Gasteiger partial charge is 0.334 e. The molecule has 1 aromatic rings. The van der Waals surface area contributed by atoms with Gasteiger partial charge in [0.2, 0.25) is 23.6 Å². The third kappa shape index (κ3) is 14.9. The molecule has 1 unspecified atom stereocenters. The molecule has 2 rings (SSSR count). The first kappa shape index (κ1) is 51.0. The number of carbonyl (C=O) groups is 7. The highest BCUT2D eigenvalue weighted by Crippen LogP contribution is 2.23. The van der Waals surface area contributed by atoms with Gasteiger partial charge in [0.1, 0.15) is 36.1 Å². The van der Waals surface area contributed by atoms with E-state index >= 15 is 0 Å². The van der Waals surface area contributed by atoms with Crippen molar-refractivity contribution in [3.05, 3.63) is 58.9 Å². The van der Waals surface area contributed by atoms with Gasteiger partial charge in [-0.2, -0.15) is 0 Å². The molecule has 0 saturated carbocycles. The van der Waals surface area contributed by atoms with Gasteiger partial charge in [-0.05, 0) is 82.6 Å². The number of esters is 2. The largest absolute Gasteiger partial charge is 0.456 e. The number of ether oxygens (including phenoxy) is 2. The first-order chi connectivity index (χ1) is 28.0. The molecule has 60 heavy (non-hydrogen) atoms. The summed E-state index contributed by atoms with van der Waals surface area (Å²) in [6.45, 7) is 16.6. The highest BCUT2D eigenvalue weighted by atomic mass is 19.1. The summed E-state index contributed by atoms with van der Waals surface area (Å²) in [5.41, 5.74) is 8.00. The van der Waals surface area contributed by atoms with Crippen LogP contribution in [0.4, 0.5) is 4.39 Å². The highest BCUT2D eigenvalue weighted by Gasteiger charge is 2.36. The van der Waals surface area contributed by atoms with E-state index in [0.717, 1.165) is 9.80 Å². The number of cyclic esters (lactones) is 2. The van der Waals surface area contributed by atoms with Gasteiger partial charge in [0.25, 0.3) is 5.91 Å². The van der Waals surface area contributed by atoms with E-state index in [4.69, 9.17) is 15.2 Å². The Hall–Kier alpha value is -5.12. The number of hydrogen-bond acceptors (Lipinski definition) is 10. The average molecular weight is 843 g/mol. The molecule has 0 fully saturated rings. The van der Waals surface area contributed by atoms with Crippen LogP contribution in [0.3, 0.4) is 0 Å². The Morgan fingerprint density at radius 1 is 0.917 bits per heavy atom. The molecule has 5 N–H and O–H groups in total. The zero-order chi connectivity index (χ0) is 45.6. The maximum atomic E-state index is 14.1. The van der Waals surface area contributed by atoms with Crippen LogP contribution >= 0.6 is 0 Å². The molecular formula is C44H67FN6O9. The van der Waals surface area contributed by atoms with Crippen LogP contribution in [0.5, 0.6) is 0 Å². The van der Waals surface area contributed by atoms with E-state index in [1.807, 2.05) is 20.8 Å². The predicted octanol–water partition coefficient (Wildman–Crippen LogP) is 3.34. The SMILES string of the molecule is C/C=C(\C)[C@H]1OC(=O)[C@@H](C)NC(=O)[C@H](C(C)CC)NC(=O)CN(C)C(=O)[C@@H](Cc2ccc(F)cc2)N(C)C(=O)[C@H](C)NC(=O)[C@@H](CC(C)C)OC(=O)/C(C)=C/C[C@H](N)[C@@H]1C. The number of benzene rings is 1. The number of nitrogens with one attached hydrogen (secondary N) is 3. The summed E-state index contributed by atoms with van der Waals surface area (Å²) in [5, 5.41) is 8.00. The Kier molecular flexibility index (Phi) is 20.1. The normalized spacial score (nSPS) is 28.6. The number of allylic oxidation sites excluding steroid dienone is 1. The van der Waals surface area contributed by atoms with Crippen LogP contribution in [0.25, 0.3) is 0 Å². The number of rotatable bonds is 7. The number of amides is 5. The fourth-order valence-corrected chi connectivity index (χ4v) is 6.59. The van der Waals surface area contributed by atoms with E-state index in [1.54, 1.807) is 39.8 Å². The third-order valence-electron chi connectivity index (χ3n) is 11.0. The summed E-state index contributed by atoms with van der Waals surface area (Å²) in [6, 6.07) is 0.132. The molecule has 1 aliphatic heterocycles. The van der Waals surface area contributed by atoms with Crippen molar-refractivity contribution in [2.75, 3.05) is 20.6 Å². The molecule has 0 saturated heterocycles. The molecule has 9 atom stereocenters. The third-order valence-corrected chi connectivity index (χ3v) is 11.0. The van der Waals surface area contributed by atoms with E-state index in [0.29, 0.717) is 17.6 Å². The second-order valence-corrected chi connectivity index (χ2v) is 16.4. The van der Waals surface area contributed by atoms with Crippen molar-refractivity contribution in [3.63, 3.8) is 0 Å². The lowest BCUT2D eigenvalue weighted by Gasteiger charge is -2.33. The molecule has 1 aliphatic rings. The number of nitrogens with two attached hydrogens (primary N) is 1. The van der Waals surface area contributed by atoms with Gasteiger partial charge >= 0.3 is 11.9 Å². The summed E-state index contributed by atoms with van der Waals surface area (Å²) in [4.78, 5) is 98.0. The topological polar surface area (TPSA) is 207 Å². The van der Waals surface area contributed by atoms with Gasteiger partial charge in [0.15, 0.2) is 6.10 Å². The number of likely N-dealkylation sites (N-methyl/N-ethyl adjacent to an activating group) is 2. The summed E-state index contributed by atoms with van der Waals surface area (Å²) >= 11 is 0. The molecule has 0 bridgehead atoms. The van der Waals surface area contributed by atoms with Crippen molar-refractivity contribution in [3.8, 4) is 0 Å². The minimum absolute atomic E-state index is 0.0735. The predicted molar refractivity (Wildman–Crippen MR) is 225 cm³/mol. The van der Waals surface area contributed by atoms with Crippen LogP contribution in [-0.4, -0.2) is 114 Å². The van der Waals surface area contributed by atoms with Crippen LogP contribution in [0.2, 0.25) is 0 Å². The Bertz CT molecular complexity index is 1750. The van der Waals surface area contributed by atoms with Gasteiger partial charge in [-0.3, -0.25) is 24.0 Å². The summed E-state index contributed by atoms with van der Waals surface area (Å²) in [5.74, 6) is -6.28. The minimum Gasteiger partial charge on any atom is -0.456 e. The van der Waals surface area contributed by atoms with Crippen LogP contribution < -0.4 is 21.7 Å². The van der Waals surface area contributed by atoms with E-state index in [-0.39, 0.29) is 36.7 Å². The molecule has 0 aliphatic carbocycles. The molecule has 0 spiro atoms. The van der Waals surface area contributed by atoms with E-state index < -0.39 is 102 Å². The standard InChI is InChI=1S/C44H67FN6O9/c1-13-25(5)37-40(54)48-30(10)44(58)60-38(26(6)14-2)28(8)33(46)20-15-27(7)43(57)59-35(21-24(3)4)39(53)47-29(9)41(55)51(12)34(22-31-16-18-32(45)19-17-31)42(56)50(11)23-36(52)49-37/h14-19,24-25,28-30,33-35,37-38H,13,20-23,46H2,1-12H3,(H,47,53)(H,48,54)(H,49,52)/b26-14+,27-15+/t25?,28-,29-,30+,33-,34+,35+,37-,38+/m0/s1. The zero-order valence-electron chi connectivity index (χ0n) is 37.3. The quantitative estimate of drug-likeness (QED) is 0.233. The van der Waals surface area contributed by atoms with Crippen molar-refractivity contribution < 1.29 is 47.4 Å². The Balaban J connectivity index is 2.63. The second kappa shape index (κ2) is 23.6. The maximum Gasteiger partial charge on any atom is 0.334 e. The van der Waals surface area contributed by atoms with Gasteiger partial charge < -0.3 is 41.0 Å². The molecular weight excluding hydrogens is 776 g/mol. The van der Waals surface area contributed by atoms with Crippen molar-refractivity contribution in [2.45, 2.75) is 137 Å². The lowest BCUT2D eigenvalue weighted by atomic mass is 9.89. The molecule has 0 radical (unpaired) electrons. The van der Waals surface area contributed by atoms with E-state index in [1.165, 1.54) is 59.1 Å². The number of halogens is 1. The molecule has 334 valence electrons. The maximum absolute atomic E-state index is 14.1. The average Bonchev–Trinajstić information content (AvgIpc) is 3.20. The van der Waals surface area contributed by atoms with Crippen molar-refractivity contribution >= 4 is 41.5 Å². The Morgan fingerprint density at radius 2 is 1.52 bits per heavy atom. The number of hydrogen-bond donors (Lipinski definition) is 4. The van der Waals surface area contributed by atoms with Crippen LogP contribution in [0.1, 0.15) is 94.1 Å². The van der Waals surface area contributed by atoms with Crippen LogP contribution in [-0.2, 0) is 49.5 Å². The first-order valence-electron chi connectivity index (χ1n) is 20.6. The molecule has 1 heterocycles.